The summed E-state index contributed by atoms with van der Waals surface area (Å²) in [6.45, 7) is 6.19. The topological polar surface area (TPSA) is 75.4 Å². The molecule has 0 saturated heterocycles. The van der Waals surface area contributed by atoms with Gasteiger partial charge in [-0.3, -0.25) is 4.79 Å². The number of aliphatic hydroxyl groups is 1. The minimum atomic E-state index is -0.506. The summed E-state index contributed by atoms with van der Waals surface area (Å²) in [5, 5.41) is 11.4. The van der Waals surface area contributed by atoms with Gasteiger partial charge in [0, 0.05) is 13.2 Å². The third-order valence-electron chi connectivity index (χ3n) is 2.00. The first-order valence-corrected chi connectivity index (χ1v) is 4.86. The fourth-order valence-corrected chi connectivity index (χ4v) is 1.01. The van der Waals surface area contributed by atoms with Gasteiger partial charge in [0.15, 0.2) is 0 Å². The largest absolute Gasteiger partial charge is 0.396 e. The van der Waals surface area contributed by atoms with E-state index in [9.17, 15) is 4.79 Å². The molecule has 0 aromatic rings. The summed E-state index contributed by atoms with van der Waals surface area (Å²) in [6, 6.07) is -0.506. The number of aliphatic hydroxyl groups excluding tert-OH is 1. The highest BCUT2D eigenvalue weighted by molar-refractivity contribution is 5.81. The molecule has 0 aliphatic carbocycles. The Morgan fingerprint density at radius 2 is 2.36 bits per heavy atom. The molecule has 0 aromatic carbocycles. The van der Waals surface area contributed by atoms with Crippen molar-refractivity contribution in [2.75, 3.05) is 13.2 Å². The Balaban J connectivity index is 3.66. The lowest BCUT2D eigenvalue weighted by Gasteiger charge is -2.13. The molecule has 0 aliphatic rings. The summed E-state index contributed by atoms with van der Waals surface area (Å²) in [4.78, 5) is 11.3. The Morgan fingerprint density at radius 1 is 1.71 bits per heavy atom. The van der Waals surface area contributed by atoms with Crippen LogP contribution in [-0.2, 0) is 4.79 Å². The summed E-state index contributed by atoms with van der Waals surface area (Å²) in [7, 11) is 0. The fourth-order valence-electron chi connectivity index (χ4n) is 1.01. The van der Waals surface area contributed by atoms with Gasteiger partial charge >= 0.3 is 0 Å². The van der Waals surface area contributed by atoms with E-state index in [1.165, 1.54) is 0 Å². The molecule has 4 nitrogen and oxygen atoms in total. The summed E-state index contributed by atoms with van der Waals surface area (Å²) >= 11 is 0. The summed E-state index contributed by atoms with van der Waals surface area (Å²) in [6.07, 6.45) is 2.80. The monoisotopic (exact) mass is 200 g/mol. The molecule has 0 bridgehead atoms. The predicted molar refractivity (Wildman–Crippen MR) is 56.7 cm³/mol. The van der Waals surface area contributed by atoms with Crippen LogP contribution >= 0.6 is 0 Å². The van der Waals surface area contributed by atoms with Crippen LogP contribution in [0, 0.1) is 5.92 Å². The molecule has 4 N–H and O–H groups in total. The summed E-state index contributed by atoms with van der Waals surface area (Å²) < 4.78 is 0. The summed E-state index contributed by atoms with van der Waals surface area (Å²) in [5.74, 6) is 0.120. The quantitative estimate of drug-likeness (QED) is 0.507. The zero-order chi connectivity index (χ0) is 11.0. The normalized spacial score (nSPS) is 14.5. The van der Waals surface area contributed by atoms with Crippen LogP contribution in [0.5, 0.6) is 0 Å². The minimum absolute atomic E-state index is 0.149. The zero-order valence-electron chi connectivity index (χ0n) is 8.70. The van der Waals surface area contributed by atoms with E-state index >= 15 is 0 Å². The van der Waals surface area contributed by atoms with Gasteiger partial charge in [-0.25, -0.2) is 0 Å². The van der Waals surface area contributed by atoms with E-state index in [0.29, 0.717) is 19.4 Å². The van der Waals surface area contributed by atoms with E-state index in [2.05, 4.69) is 11.9 Å². The zero-order valence-corrected chi connectivity index (χ0v) is 8.70. The number of rotatable bonds is 7. The second-order valence-electron chi connectivity index (χ2n) is 3.49. The van der Waals surface area contributed by atoms with Crippen LogP contribution in [0.2, 0.25) is 0 Å². The Morgan fingerprint density at radius 3 is 2.86 bits per heavy atom. The van der Waals surface area contributed by atoms with Gasteiger partial charge in [-0.05, 0) is 18.8 Å². The number of carbonyl (C=O) groups is 1. The van der Waals surface area contributed by atoms with E-state index in [4.69, 9.17) is 10.8 Å². The van der Waals surface area contributed by atoms with Gasteiger partial charge in [-0.2, -0.15) is 0 Å². The molecule has 14 heavy (non-hydrogen) atoms. The van der Waals surface area contributed by atoms with Crippen molar-refractivity contribution in [2.45, 2.75) is 25.8 Å². The molecule has 0 saturated carbocycles. The number of hydrogen-bond donors (Lipinski definition) is 3. The fraction of sp³-hybridized carbons (Fsp3) is 0.700. The molecule has 4 heteroatoms. The molecule has 2 atom stereocenters. The highest BCUT2D eigenvalue weighted by Crippen LogP contribution is 1.98. The smallest absolute Gasteiger partial charge is 0.237 e. The van der Waals surface area contributed by atoms with Gasteiger partial charge in [-0.15, -0.1) is 6.58 Å². The standard InChI is InChI=1S/C10H20N2O2/c1-3-4-9(11)10(14)12-7-8(2)5-6-13/h3,8-9,13H,1,4-7,11H2,2H3,(H,12,14). The first-order valence-electron chi connectivity index (χ1n) is 4.86. The maximum atomic E-state index is 11.3. The van der Waals surface area contributed by atoms with Gasteiger partial charge in [0.05, 0.1) is 6.04 Å². The number of hydrogen-bond acceptors (Lipinski definition) is 3. The molecular weight excluding hydrogens is 180 g/mol. The van der Waals surface area contributed by atoms with E-state index in [1.807, 2.05) is 6.92 Å². The Kier molecular flexibility index (Phi) is 7.06. The van der Waals surface area contributed by atoms with Crippen LogP contribution in [0.1, 0.15) is 19.8 Å². The molecule has 0 heterocycles. The average molecular weight is 200 g/mol. The number of carbonyl (C=O) groups excluding carboxylic acids is 1. The van der Waals surface area contributed by atoms with Crippen molar-refractivity contribution >= 4 is 5.91 Å². The van der Waals surface area contributed by atoms with Crippen LogP contribution in [-0.4, -0.2) is 30.2 Å². The average Bonchev–Trinajstić information content (AvgIpc) is 2.15. The van der Waals surface area contributed by atoms with E-state index < -0.39 is 6.04 Å². The molecule has 0 fully saturated rings. The van der Waals surface area contributed by atoms with E-state index in [1.54, 1.807) is 6.08 Å². The van der Waals surface area contributed by atoms with Crippen molar-refractivity contribution in [2.24, 2.45) is 11.7 Å². The molecule has 0 radical (unpaired) electrons. The van der Waals surface area contributed by atoms with E-state index in [-0.39, 0.29) is 18.4 Å². The van der Waals surface area contributed by atoms with Gasteiger partial charge in [0.25, 0.3) is 0 Å². The van der Waals surface area contributed by atoms with Crippen molar-refractivity contribution in [3.05, 3.63) is 12.7 Å². The van der Waals surface area contributed by atoms with Crippen molar-refractivity contribution in [1.82, 2.24) is 5.32 Å². The van der Waals surface area contributed by atoms with Gasteiger partial charge < -0.3 is 16.2 Å². The van der Waals surface area contributed by atoms with Crippen molar-refractivity contribution < 1.29 is 9.90 Å². The van der Waals surface area contributed by atoms with Gasteiger partial charge in [-0.1, -0.05) is 13.0 Å². The molecule has 0 spiro atoms. The highest BCUT2D eigenvalue weighted by atomic mass is 16.3. The van der Waals surface area contributed by atoms with Crippen molar-refractivity contribution in [3.63, 3.8) is 0 Å². The predicted octanol–water partition coefficient (Wildman–Crippen LogP) is 0.0245. The maximum Gasteiger partial charge on any atom is 0.237 e. The Labute approximate surface area is 85.2 Å². The van der Waals surface area contributed by atoms with Crippen LogP contribution in [0.3, 0.4) is 0 Å². The molecule has 0 rings (SSSR count). The second-order valence-corrected chi connectivity index (χ2v) is 3.49. The maximum absolute atomic E-state index is 11.3. The molecule has 2 unspecified atom stereocenters. The second kappa shape index (κ2) is 7.53. The molecule has 82 valence electrons. The molecule has 1 amide bonds. The molecule has 0 aromatic heterocycles. The van der Waals surface area contributed by atoms with Crippen molar-refractivity contribution in [3.8, 4) is 0 Å². The first-order chi connectivity index (χ1) is 6.61. The van der Waals surface area contributed by atoms with Crippen LogP contribution in [0.15, 0.2) is 12.7 Å². The molecular formula is C10H20N2O2. The summed E-state index contributed by atoms with van der Waals surface area (Å²) in [5.41, 5.74) is 5.56. The molecule has 0 aliphatic heterocycles. The van der Waals surface area contributed by atoms with Crippen LogP contribution < -0.4 is 11.1 Å². The van der Waals surface area contributed by atoms with Gasteiger partial charge in [0.1, 0.15) is 0 Å². The highest BCUT2D eigenvalue weighted by Gasteiger charge is 2.11. The third-order valence-corrected chi connectivity index (χ3v) is 2.00. The number of amides is 1. The van der Waals surface area contributed by atoms with E-state index in [0.717, 1.165) is 0 Å². The lowest BCUT2D eigenvalue weighted by atomic mass is 10.1. The SMILES string of the molecule is C=CCC(N)C(=O)NCC(C)CCO. The first kappa shape index (κ1) is 13.1. The number of nitrogens with one attached hydrogen (secondary N) is 1. The minimum Gasteiger partial charge on any atom is -0.396 e. The Bertz CT molecular complexity index is 183. The Hall–Kier alpha value is -0.870. The lowest BCUT2D eigenvalue weighted by Crippen LogP contribution is -2.41. The third kappa shape index (κ3) is 5.72. The van der Waals surface area contributed by atoms with Crippen molar-refractivity contribution in [1.29, 1.82) is 0 Å². The van der Waals surface area contributed by atoms with Crippen LogP contribution in [0.25, 0.3) is 0 Å². The van der Waals surface area contributed by atoms with Crippen LogP contribution in [0.4, 0.5) is 0 Å². The van der Waals surface area contributed by atoms with Gasteiger partial charge in [0.2, 0.25) is 5.91 Å². The number of nitrogens with two attached hydrogens (primary N) is 1. The lowest BCUT2D eigenvalue weighted by molar-refractivity contribution is -0.122.